The molecule has 4 nitrogen and oxygen atoms in total. The molecule has 0 aromatic rings. The van der Waals surface area contributed by atoms with Crippen LogP contribution in [0.25, 0.3) is 0 Å². The maximum Gasteiger partial charge on any atom is 0.280 e. The van der Waals surface area contributed by atoms with Crippen molar-refractivity contribution < 1.29 is 14.8 Å². The number of hydrogen-bond acceptors (Lipinski definition) is 2. The second-order valence-corrected chi connectivity index (χ2v) is 3.84. The van der Waals surface area contributed by atoms with Crippen LogP contribution >= 0.6 is 0 Å². The van der Waals surface area contributed by atoms with Crippen molar-refractivity contribution in [3.05, 3.63) is 0 Å². The number of methoxy groups -OCH3 is 1. The molecule has 0 unspecified atom stereocenters. The SMILES string of the molecule is COCC[NH2+][C@H](C)C(=O)N1CCCC1. The zero-order valence-corrected chi connectivity index (χ0v) is 9.16. The molecule has 14 heavy (non-hydrogen) atoms. The number of nitrogens with two attached hydrogens (primary N) is 1. The molecule has 1 heterocycles. The fraction of sp³-hybridized carbons (Fsp3) is 0.900. The summed E-state index contributed by atoms with van der Waals surface area (Å²) >= 11 is 0. The average molecular weight is 201 g/mol. The minimum absolute atomic E-state index is 0.0447. The van der Waals surface area contributed by atoms with E-state index in [4.69, 9.17) is 4.74 Å². The molecule has 1 atom stereocenters. The summed E-state index contributed by atoms with van der Waals surface area (Å²) in [6, 6.07) is 0.0447. The first kappa shape index (κ1) is 11.5. The van der Waals surface area contributed by atoms with Gasteiger partial charge in [-0.1, -0.05) is 0 Å². The van der Waals surface area contributed by atoms with E-state index in [1.165, 1.54) is 0 Å². The summed E-state index contributed by atoms with van der Waals surface area (Å²) in [7, 11) is 1.68. The smallest absolute Gasteiger partial charge is 0.280 e. The average Bonchev–Trinajstić information content (AvgIpc) is 2.69. The van der Waals surface area contributed by atoms with Crippen LogP contribution in [0.3, 0.4) is 0 Å². The lowest BCUT2D eigenvalue weighted by Gasteiger charge is -2.18. The molecule has 0 aromatic heterocycles. The van der Waals surface area contributed by atoms with Crippen molar-refractivity contribution in [1.29, 1.82) is 0 Å². The van der Waals surface area contributed by atoms with Crippen molar-refractivity contribution in [2.24, 2.45) is 0 Å². The van der Waals surface area contributed by atoms with Crippen LogP contribution in [0.2, 0.25) is 0 Å². The zero-order chi connectivity index (χ0) is 10.4. The second-order valence-electron chi connectivity index (χ2n) is 3.84. The lowest BCUT2D eigenvalue weighted by molar-refractivity contribution is -0.675. The van der Waals surface area contributed by atoms with Gasteiger partial charge in [0.2, 0.25) is 0 Å². The standard InChI is InChI=1S/C10H20N2O2/c1-9(11-5-8-14-2)10(13)12-6-3-4-7-12/h9,11H,3-8H2,1-2H3/p+1/t9-/m1/s1. The number of quaternary nitrogens is 1. The summed E-state index contributed by atoms with van der Waals surface area (Å²) in [6.45, 7) is 5.42. The van der Waals surface area contributed by atoms with E-state index in [1.807, 2.05) is 17.1 Å². The first-order valence-electron chi connectivity index (χ1n) is 5.36. The van der Waals surface area contributed by atoms with Crippen LogP contribution in [0, 0.1) is 0 Å². The van der Waals surface area contributed by atoms with Gasteiger partial charge in [-0.05, 0) is 19.8 Å². The van der Waals surface area contributed by atoms with Gasteiger partial charge in [0.15, 0.2) is 6.04 Å². The first-order chi connectivity index (χ1) is 6.75. The number of nitrogens with zero attached hydrogens (tertiary/aromatic N) is 1. The maximum atomic E-state index is 11.8. The maximum absolute atomic E-state index is 11.8. The molecule has 4 heteroatoms. The number of carbonyl (C=O) groups is 1. The Labute approximate surface area is 85.6 Å². The highest BCUT2D eigenvalue weighted by Gasteiger charge is 2.24. The van der Waals surface area contributed by atoms with Crippen LogP contribution < -0.4 is 5.32 Å². The van der Waals surface area contributed by atoms with Crippen LogP contribution in [-0.2, 0) is 9.53 Å². The van der Waals surface area contributed by atoms with Crippen molar-refractivity contribution >= 4 is 5.91 Å². The highest BCUT2D eigenvalue weighted by Crippen LogP contribution is 2.07. The Balaban J connectivity index is 2.21. The highest BCUT2D eigenvalue weighted by atomic mass is 16.5. The Hall–Kier alpha value is -0.610. The van der Waals surface area contributed by atoms with E-state index >= 15 is 0 Å². The van der Waals surface area contributed by atoms with Crippen LogP contribution in [-0.4, -0.2) is 50.2 Å². The summed E-state index contributed by atoms with van der Waals surface area (Å²) < 4.78 is 4.94. The third-order valence-electron chi connectivity index (χ3n) is 2.65. The molecule has 1 aliphatic heterocycles. The Morgan fingerprint density at radius 3 is 2.71 bits per heavy atom. The molecule has 0 saturated carbocycles. The van der Waals surface area contributed by atoms with Crippen molar-refractivity contribution in [2.45, 2.75) is 25.8 Å². The molecule has 82 valence electrons. The summed E-state index contributed by atoms with van der Waals surface area (Å²) in [5.41, 5.74) is 0. The number of rotatable bonds is 5. The van der Waals surface area contributed by atoms with Gasteiger partial charge in [-0.2, -0.15) is 0 Å². The first-order valence-corrected chi connectivity index (χ1v) is 5.36. The molecule has 1 amide bonds. The Morgan fingerprint density at radius 2 is 2.14 bits per heavy atom. The molecular weight excluding hydrogens is 180 g/mol. The predicted molar refractivity (Wildman–Crippen MR) is 53.9 cm³/mol. The number of likely N-dealkylation sites (tertiary alicyclic amines) is 1. The van der Waals surface area contributed by atoms with Gasteiger partial charge in [0.25, 0.3) is 5.91 Å². The summed E-state index contributed by atoms with van der Waals surface area (Å²) in [5, 5.41) is 2.05. The zero-order valence-electron chi connectivity index (χ0n) is 9.16. The van der Waals surface area contributed by atoms with Crippen LogP contribution in [0.1, 0.15) is 19.8 Å². The second kappa shape index (κ2) is 5.98. The van der Waals surface area contributed by atoms with E-state index in [9.17, 15) is 4.79 Å². The summed E-state index contributed by atoms with van der Waals surface area (Å²) in [5.74, 6) is 0.276. The minimum atomic E-state index is 0.0447. The van der Waals surface area contributed by atoms with Gasteiger partial charge >= 0.3 is 0 Å². The number of amides is 1. The van der Waals surface area contributed by atoms with Crippen molar-refractivity contribution in [1.82, 2.24) is 4.90 Å². The number of carbonyl (C=O) groups excluding carboxylic acids is 1. The molecule has 0 aromatic carbocycles. The monoisotopic (exact) mass is 201 g/mol. The predicted octanol–water partition coefficient (Wildman–Crippen LogP) is -0.793. The van der Waals surface area contributed by atoms with Crippen molar-refractivity contribution in [2.75, 3.05) is 33.4 Å². The van der Waals surface area contributed by atoms with E-state index in [0.717, 1.165) is 32.5 Å². The van der Waals surface area contributed by atoms with Gasteiger partial charge in [0, 0.05) is 20.2 Å². The van der Waals surface area contributed by atoms with Crippen LogP contribution in [0.15, 0.2) is 0 Å². The van der Waals surface area contributed by atoms with Crippen molar-refractivity contribution in [3.63, 3.8) is 0 Å². The van der Waals surface area contributed by atoms with Gasteiger partial charge in [-0.15, -0.1) is 0 Å². The van der Waals surface area contributed by atoms with Crippen LogP contribution in [0.4, 0.5) is 0 Å². The molecular formula is C10H21N2O2+. The molecule has 2 N–H and O–H groups in total. The molecule has 1 saturated heterocycles. The lowest BCUT2D eigenvalue weighted by atomic mass is 10.3. The van der Waals surface area contributed by atoms with E-state index in [2.05, 4.69) is 0 Å². The minimum Gasteiger partial charge on any atom is -0.379 e. The van der Waals surface area contributed by atoms with Crippen molar-refractivity contribution in [3.8, 4) is 0 Å². The Morgan fingerprint density at radius 1 is 1.50 bits per heavy atom. The highest BCUT2D eigenvalue weighted by molar-refractivity contribution is 5.80. The quantitative estimate of drug-likeness (QED) is 0.592. The van der Waals surface area contributed by atoms with Gasteiger partial charge in [-0.25, -0.2) is 0 Å². The van der Waals surface area contributed by atoms with Crippen LogP contribution in [0.5, 0.6) is 0 Å². The van der Waals surface area contributed by atoms with E-state index in [1.54, 1.807) is 7.11 Å². The molecule has 1 fully saturated rings. The topological polar surface area (TPSA) is 46.1 Å². The Bertz CT molecular complexity index is 179. The molecule has 0 spiro atoms. The number of hydrogen-bond donors (Lipinski definition) is 1. The van der Waals surface area contributed by atoms with Gasteiger partial charge < -0.3 is 15.0 Å². The Kier molecular flexibility index (Phi) is 4.90. The third kappa shape index (κ3) is 3.27. The fourth-order valence-electron chi connectivity index (χ4n) is 1.76. The van der Waals surface area contributed by atoms with E-state index in [-0.39, 0.29) is 11.9 Å². The number of ether oxygens (including phenoxy) is 1. The van der Waals surface area contributed by atoms with Gasteiger partial charge in [-0.3, -0.25) is 4.79 Å². The molecule has 0 bridgehead atoms. The molecule has 0 radical (unpaired) electrons. The van der Waals surface area contributed by atoms with Gasteiger partial charge in [0.05, 0.1) is 13.2 Å². The van der Waals surface area contributed by atoms with E-state index in [0.29, 0.717) is 6.61 Å². The summed E-state index contributed by atoms with van der Waals surface area (Å²) in [6.07, 6.45) is 2.33. The van der Waals surface area contributed by atoms with Gasteiger partial charge in [0.1, 0.15) is 0 Å². The normalized spacial score (nSPS) is 18.6. The van der Waals surface area contributed by atoms with E-state index < -0.39 is 0 Å². The summed E-state index contributed by atoms with van der Waals surface area (Å²) in [4.78, 5) is 13.8. The molecule has 0 aliphatic carbocycles. The molecule has 1 aliphatic rings. The third-order valence-corrected chi connectivity index (χ3v) is 2.65. The fourth-order valence-corrected chi connectivity index (χ4v) is 1.76. The largest absolute Gasteiger partial charge is 0.379 e. The lowest BCUT2D eigenvalue weighted by Crippen LogP contribution is -2.92. The molecule has 1 rings (SSSR count).